The van der Waals surface area contributed by atoms with Crippen LogP contribution in [0.25, 0.3) is 0 Å². The van der Waals surface area contributed by atoms with Crippen molar-refractivity contribution in [1.82, 2.24) is 15.1 Å². The van der Waals surface area contributed by atoms with Crippen LogP contribution in [0.2, 0.25) is 0 Å². The van der Waals surface area contributed by atoms with Crippen molar-refractivity contribution in [2.75, 3.05) is 38.0 Å². The molecule has 3 aromatic rings. The molecule has 7 nitrogen and oxygen atoms in total. The summed E-state index contributed by atoms with van der Waals surface area (Å²) in [6.45, 7) is 6.59. The lowest BCUT2D eigenvalue weighted by Gasteiger charge is -2.35. The van der Waals surface area contributed by atoms with Crippen LogP contribution in [0.1, 0.15) is 39.5 Å². The minimum atomic E-state index is -0.428. The van der Waals surface area contributed by atoms with Crippen LogP contribution >= 0.6 is 0 Å². The fourth-order valence-electron chi connectivity index (χ4n) is 4.62. The Morgan fingerprint density at radius 2 is 1.38 bits per heavy atom. The summed E-state index contributed by atoms with van der Waals surface area (Å²) in [6, 6.07) is 24.1. The number of rotatable bonds is 8. The minimum absolute atomic E-state index is 0.0122. The molecule has 3 amide bonds. The predicted octanol–water partition coefficient (Wildman–Crippen LogP) is 3.95. The molecular weight excluding hydrogens is 464 g/mol. The largest absolute Gasteiger partial charge is 0.345 e. The molecule has 0 saturated carbocycles. The molecule has 1 atom stereocenters. The quantitative estimate of drug-likeness (QED) is 0.493. The van der Waals surface area contributed by atoms with Crippen LogP contribution in [-0.2, 0) is 9.59 Å². The van der Waals surface area contributed by atoms with Crippen molar-refractivity contribution in [2.45, 2.75) is 26.3 Å². The molecule has 0 bridgehead atoms. The average molecular weight is 499 g/mol. The van der Waals surface area contributed by atoms with E-state index in [2.05, 4.69) is 15.5 Å². The number of piperazine rings is 1. The Labute approximate surface area is 218 Å². The molecule has 4 rings (SSSR count). The lowest BCUT2D eigenvalue weighted by atomic mass is 10.0. The van der Waals surface area contributed by atoms with Crippen LogP contribution in [0.3, 0.4) is 0 Å². The van der Waals surface area contributed by atoms with Gasteiger partial charge < -0.3 is 15.5 Å². The first kappa shape index (κ1) is 26.1. The molecule has 7 heteroatoms. The number of amides is 3. The first-order valence-corrected chi connectivity index (χ1v) is 12.7. The Balaban J connectivity index is 1.32. The number of nitrogens with zero attached hydrogens (tertiary/aromatic N) is 2. The third kappa shape index (κ3) is 7.05. The number of nitrogens with one attached hydrogen (secondary N) is 2. The van der Waals surface area contributed by atoms with Crippen LogP contribution in [0.5, 0.6) is 0 Å². The summed E-state index contributed by atoms with van der Waals surface area (Å²) < 4.78 is 0. The van der Waals surface area contributed by atoms with Gasteiger partial charge in [0, 0.05) is 37.4 Å². The molecule has 1 saturated heterocycles. The van der Waals surface area contributed by atoms with Crippen LogP contribution in [0.4, 0.5) is 5.69 Å². The number of hydrogen-bond donors (Lipinski definition) is 2. The molecular formula is C30H34N4O3. The minimum Gasteiger partial charge on any atom is -0.345 e. The summed E-state index contributed by atoms with van der Waals surface area (Å²) in [7, 11) is 0. The number of benzene rings is 3. The molecule has 37 heavy (non-hydrogen) atoms. The van der Waals surface area contributed by atoms with E-state index in [9.17, 15) is 14.4 Å². The Bertz CT molecular complexity index is 1200. The van der Waals surface area contributed by atoms with E-state index in [1.807, 2.05) is 85.5 Å². The summed E-state index contributed by atoms with van der Waals surface area (Å²) in [6.07, 6.45) is 0.176. The summed E-state index contributed by atoms with van der Waals surface area (Å²) in [5.41, 5.74) is 4.39. The summed E-state index contributed by atoms with van der Waals surface area (Å²) in [5, 5.41) is 6.07. The highest BCUT2D eigenvalue weighted by atomic mass is 16.2. The normalized spacial score (nSPS) is 14.6. The second-order valence-electron chi connectivity index (χ2n) is 9.48. The van der Waals surface area contributed by atoms with Gasteiger partial charge >= 0.3 is 0 Å². The van der Waals surface area contributed by atoms with Gasteiger partial charge in [0.1, 0.15) is 0 Å². The first-order valence-electron chi connectivity index (χ1n) is 12.7. The fraction of sp³-hybridized carbons (Fsp3) is 0.300. The van der Waals surface area contributed by atoms with Gasteiger partial charge in [-0.15, -0.1) is 0 Å². The van der Waals surface area contributed by atoms with Crippen molar-refractivity contribution < 1.29 is 14.4 Å². The molecule has 192 valence electrons. The van der Waals surface area contributed by atoms with E-state index in [0.717, 1.165) is 22.4 Å². The monoisotopic (exact) mass is 498 g/mol. The van der Waals surface area contributed by atoms with Crippen LogP contribution in [0, 0.1) is 13.8 Å². The van der Waals surface area contributed by atoms with Crippen molar-refractivity contribution in [1.29, 1.82) is 0 Å². The van der Waals surface area contributed by atoms with Gasteiger partial charge in [-0.05, 0) is 42.7 Å². The van der Waals surface area contributed by atoms with Gasteiger partial charge in [0.15, 0.2) is 0 Å². The number of para-hydroxylation sites is 1. The van der Waals surface area contributed by atoms with Crippen molar-refractivity contribution >= 4 is 23.4 Å². The summed E-state index contributed by atoms with van der Waals surface area (Å²) in [4.78, 5) is 42.6. The van der Waals surface area contributed by atoms with Gasteiger partial charge in [-0.3, -0.25) is 19.3 Å². The van der Waals surface area contributed by atoms with Gasteiger partial charge in [0.2, 0.25) is 11.8 Å². The molecule has 1 fully saturated rings. The number of hydrogen-bond acceptors (Lipinski definition) is 4. The topological polar surface area (TPSA) is 81.8 Å². The van der Waals surface area contributed by atoms with Crippen molar-refractivity contribution in [3.63, 3.8) is 0 Å². The number of anilines is 1. The van der Waals surface area contributed by atoms with Gasteiger partial charge in [0.05, 0.1) is 19.0 Å². The van der Waals surface area contributed by atoms with E-state index >= 15 is 0 Å². The Morgan fingerprint density at radius 3 is 2.00 bits per heavy atom. The zero-order chi connectivity index (χ0) is 26.2. The molecule has 1 aliphatic heterocycles. The number of aryl methyl sites for hydroxylation is 2. The van der Waals surface area contributed by atoms with Crippen molar-refractivity contribution in [3.05, 3.63) is 101 Å². The molecule has 1 heterocycles. The highest BCUT2D eigenvalue weighted by Gasteiger charge is 2.26. The average Bonchev–Trinajstić information content (AvgIpc) is 2.92. The van der Waals surface area contributed by atoms with Gasteiger partial charge in [-0.2, -0.15) is 0 Å². The molecule has 0 aromatic heterocycles. The SMILES string of the molecule is Cc1cccc(C)c1NC(=O)CN1CCN(C(=O)CC(NC(=O)c2ccccc2)c2ccccc2)CC1. The Hall–Kier alpha value is -3.97. The molecule has 1 unspecified atom stereocenters. The van der Waals surface area contributed by atoms with E-state index in [-0.39, 0.29) is 30.7 Å². The third-order valence-electron chi connectivity index (χ3n) is 6.76. The maximum Gasteiger partial charge on any atom is 0.251 e. The predicted molar refractivity (Wildman–Crippen MR) is 145 cm³/mol. The van der Waals surface area contributed by atoms with E-state index in [1.165, 1.54) is 0 Å². The number of carbonyl (C=O) groups is 3. The van der Waals surface area contributed by atoms with Crippen molar-refractivity contribution in [3.8, 4) is 0 Å². The lowest BCUT2D eigenvalue weighted by molar-refractivity contribution is -0.133. The molecule has 2 N–H and O–H groups in total. The van der Waals surface area contributed by atoms with Gasteiger partial charge in [0.25, 0.3) is 5.91 Å². The van der Waals surface area contributed by atoms with E-state index in [4.69, 9.17) is 0 Å². The molecule has 3 aromatic carbocycles. The molecule has 0 radical (unpaired) electrons. The van der Waals surface area contributed by atoms with Crippen LogP contribution in [-0.4, -0.2) is 60.2 Å². The fourth-order valence-corrected chi connectivity index (χ4v) is 4.62. The standard InChI is InChI=1S/C30H34N4O3/c1-22-10-9-11-23(2)29(22)32-27(35)21-33-16-18-34(19-17-33)28(36)20-26(24-12-5-3-6-13-24)31-30(37)25-14-7-4-8-15-25/h3-15,26H,16-21H2,1-2H3,(H,31,37)(H,32,35). The molecule has 0 aliphatic carbocycles. The smallest absolute Gasteiger partial charge is 0.251 e. The Morgan fingerprint density at radius 1 is 0.784 bits per heavy atom. The van der Waals surface area contributed by atoms with Crippen LogP contribution in [0.15, 0.2) is 78.9 Å². The lowest BCUT2D eigenvalue weighted by Crippen LogP contribution is -2.51. The maximum absolute atomic E-state index is 13.2. The second-order valence-corrected chi connectivity index (χ2v) is 9.48. The highest BCUT2D eigenvalue weighted by Crippen LogP contribution is 2.21. The third-order valence-corrected chi connectivity index (χ3v) is 6.76. The zero-order valence-electron chi connectivity index (χ0n) is 21.4. The summed E-state index contributed by atoms with van der Waals surface area (Å²) >= 11 is 0. The van der Waals surface area contributed by atoms with Gasteiger partial charge in [-0.25, -0.2) is 0 Å². The molecule has 1 aliphatic rings. The summed E-state index contributed by atoms with van der Waals surface area (Å²) in [5.74, 6) is -0.270. The maximum atomic E-state index is 13.2. The van der Waals surface area contributed by atoms with E-state index in [1.54, 1.807) is 12.1 Å². The van der Waals surface area contributed by atoms with E-state index in [0.29, 0.717) is 31.7 Å². The van der Waals surface area contributed by atoms with E-state index < -0.39 is 6.04 Å². The van der Waals surface area contributed by atoms with Crippen LogP contribution < -0.4 is 10.6 Å². The van der Waals surface area contributed by atoms with Gasteiger partial charge in [-0.1, -0.05) is 66.7 Å². The second kappa shape index (κ2) is 12.3. The first-order chi connectivity index (χ1) is 17.9. The van der Waals surface area contributed by atoms with Crippen molar-refractivity contribution in [2.24, 2.45) is 0 Å². The molecule has 0 spiro atoms. The zero-order valence-corrected chi connectivity index (χ0v) is 21.4. The number of carbonyl (C=O) groups excluding carboxylic acids is 3. The Kier molecular flexibility index (Phi) is 8.69. The highest BCUT2D eigenvalue weighted by molar-refractivity contribution is 5.95.